The van der Waals surface area contributed by atoms with Gasteiger partial charge < -0.3 is 15.0 Å². The molecular formula is C10H18N4O2. The van der Waals surface area contributed by atoms with Gasteiger partial charge in [0, 0.05) is 25.5 Å². The molecule has 0 saturated carbocycles. The Morgan fingerprint density at radius 3 is 2.94 bits per heavy atom. The Kier molecular flexibility index (Phi) is 5.52. The van der Waals surface area contributed by atoms with Gasteiger partial charge in [-0.25, -0.2) is 9.78 Å². The average molecular weight is 226 g/mol. The largest absolute Gasteiger partial charge is 0.378 e. The van der Waals surface area contributed by atoms with E-state index >= 15 is 0 Å². The molecule has 1 amide bonds. The molecule has 0 aliphatic carbocycles. The van der Waals surface area contributed by atoms with Crippen LogP contribution in [0.2, 0.25) is 0 Å². The first-order valence-corrected chi connectivity index (χ1v) is 5.19. The van der Waals surface area contributed by atoms with E-state index in [0.717, 1.165) is 6.54 Å². The van der Waals surface area contributed by atoms with E-state index in [1.54, 1.807) is 12.4 Å². The molecule has 0 atom stereocenters. The average Bonchev–Trinajstić information content (AvgIpc) is 2.75. The van der Waals surface area contributed by atoms with Crippen molar-refractivity contribution in [3.8, 4) is 0 Å². The Morgan fingerprint density at radius 2 is 2.31 bits per heavy atom. The first-order chi connectivity index (χ1) is 7.70. The molecule has 90 valence electrons. The van der Waals surface area contributed by atoms with Gasteiger partial charge in [-0.05, 0) is 14.1 Å². The summed E-state index contributed by atoms with van der Waals surface area (Å²) in [6.07, 6.45) is 4.62. The van der Waals surface area contributed by atoms with E-state index < -0.39 is 0 Å². The number of nitrogens with one attached hydrogen (secondary N) is 1. The third-order valence-corrected chi connectivity index (χ3v) is 1.94. The molecule has 6 heteroatoms. The van der Waals surface area contributed by atoms with Crippen LogP contribution in [0.4, 0.5) is 4.79 Å². The zero-order chi connectivity index (χ0) is 11.8. The molecule has 1 aromatic heterocycles. The lowest BCUT2D eigenvalue weighted by Gasteiger charge is -2.10. The third-order valence-electron chi connectivity index (χ3n) is 1.94. The summed E-state index contributed by atoms with van der Waals surface area (Å²) in [5.74, 6) is 0. The highest BCUT2D eigenvalue weighted by Crippen LogP contribution is 1.84. The number of rotatable bonds is 6. The summed E-state index contributed by atoms with van der Waals surface area (Å²) < 4.78 is 6.72. The molecule has 1 rings (SSSR count). The smallest absolute Gasteiger partial charge is 0.326 e. The molecule has 0 aromatic carbocycles. The first-order valence-electron chi connectivity index (χ1n) is 5.19. The van der Waals surface area contributed by atoms with Crippen LogP contribution in [0.5, 0.6) is 0 Å². The molecule has 0 unspecified atom stereocenters. The summed E-state index contributed by atoms with van der Waals surface area (Å²) in [5.41, 5.74) is 0. The van der Waals surface area contributed by atoms with E-state index in [1.807, 2.05) is 19.0 Å². The molecule has 1 heterocycles. The van der Waals surface area contributed by atoms with E-state index in [-0.39, 0.29) is 6.03 Å². The van der Waals surface area contributed by atoms with Gasteiger partial charge >= 0.3 is 6.03 Å². The van der Waals surface area contributed by atoms with E-state index in [4.69, 9.17) is 4.74 Å². The lowest BCUT2D eigenvalue weighted by molar-refractivity contribution is 0.120. The van der Waals surface area contributed by atoms with Gasteiger partial charge in [0.15, 0.2) is 0 Å². The van der Waals surface area contributed by atoms with Crippen molar-refractivity contribution in [3.63, 3.8) is 0 Å². The molecule has 0 radical (unpaired) electrons. The van der Waals surface area contributed by atoms with Crippen molar-refractivity contribution in [2.24, 2.45) is 0 Å². The van der Waals surface area contributed by atoms with Crippen LogP contribution in [0.25, 0.3) is 0 Å². The number of hydrogen-bond acceptors (Lipinski definition) is 4. The summed E-state index contributed by atoms with van der Waals surface area (Å²) in [7, 11) is 3.98. The number of hydrogen-bond donors (Lipinski definition) is 1. The summed E-state index contributed by atoms with van der Waals surface area (Å²) in [4.78, 5) is 17.2. The van der Waals surface area contributed by atoms with Crippen LogP contribution in [0.3, 0.4) is 0 Å². The van der Waals surface area contributed by atoms with Crippen LogP contribution in [0.15, 0.2) is 18.7 Å². The highest BCUT2D eigenvalue weighted by molar-refractivity contribution is 5.76. The van der Waals surface area contributed by atoms with Crippen molar-refractivity contribution in [2.75, 3.05) is 40.4 Å². The number of imidazole rings is 1. The normalized spacial score (nSPS) is 10.7. The fourth-order valence-corrected chi connectivity index (χ4v) is 1.05. The van der Waals surface area contributed by atoms with Crippen molar-refractivity contribution < 1.29 is 9.53 Å². The molecule has 0 aliphatic rings. The monoisotopic (exact) mass is 226 g/mol. The summed E-state index contributed by atoms with van der Waals surface area (Å²) in [6, 6.07) is -0.186. The number of carbonyl (C=O) groups excluding carboxylic acids is 1. The number of likely N-dealkylation sites (N-methyl/N-ethyl adjacent to an activating group) is 1. The SMILES string of the molecule is CN(C)CCOCCNC(=O)n1ccnc1. The molecular weight excluding hydrogens is 208 g/mol. The van der Waals surface area contributed by atoms with Gasteiger partial charge in [-0.15, -0.1) is 0 Å². The molecule has 6 nitrogen and oxygen atoms in total. The third kappa shape index (κ3) is 4.90. The first kappa shape index (κ1) is 12.7. The summed E-state index contributed by atoms with van der Waals surface area (Å²) >= 11 is 0. The Morgan fingerprint density at radius 1 is 1.50 bits per heavy atom. The maximum atomic E-state index is 11.4. The second-order valence-electron chi connectivity index (χ2n) is 3.62. The fraction of sp³-hybridized carbons (Fsp3) is 0.600. The maximum absolute atomic E-state index is 11.4. The quantitative estimate of drug-likeness (QED) is 0.695. The van der Waals surface area contributed by atoms with Crippen LogP contribution >= 0.6 is 0 Å². The summed E-state index contributed by atoms with van der Waals surface area (Å²) in [5, 5.41) is 2.72. The van der Waals surface area contributed by atoms with Crippen LogP contribution in [-0.4, -0.2) is 60.9 Å². The molecule has 1 N–H and O–H groups in total. The van der Waals surface area contributed by atoms with Gasteiger partial charge in [-0.1, -0.05) is 0 Å². The fourth-order valence-electron chi connectivity index (χ4n) is 1.05. The highest BCUT2D eigenvalue weighted by Gasteiger charge is 2.01. The van der Waals surface area contributed by atoms with Crippen molar-refractivity contribution in [2.45, 2.75) is 0 Å². The van der Waals surface area contributed by atoms with Gasteiger partial charge in [0.05, 0.1) is 13.2 Å². The minimum Gasteiger partial charge on any atom is -0.378 e. The zero-order valence-electron chi connectivity index (χ0n) is 9.72. The number of nitrogens with zero attached hydrogens (tertiary/aromatic N) is 3. The van der Waals surface area contributed by atoms with E-state index in [2.05, 4.69) is 10.3 Å². The molecule has 16 heavy (non-hydrogen) atoms. The molecule has 0 saturated heterocycles. The van der Waals surface area contributed by atoms with Crippen LogP contribution in [-0.2, 0) is 4.74 Å². The van der Waals surface area contributed by atoms with Gasteiger partial charge in [0.1, 0.15) is 6.33 Å². The standard InChI is InChI=1S/C10H18N4O2/c1-13(2)6-8-16-7-4-12-10(15)14-5-3-11-9-14/h3,5,9H,4,6-8H2,1-2H3,(H,12,15). The Hall–Kier alpha value is -1.40. The van der Waals surface area contributed by atoms with E-state index in [1.165, 1.54) is 10.9 Å². The van der Waals surface area contributed by atoms with Crippen LogP contribution < -0.4 is 5.32 Å². The van der Waals surface area contributed by atoms with Crippen molar-refractivity contribution in [3.05, 3.63) is 18.7 Å². The van der Waals surface area contributed by atoms with Gasteiger partial charge in [0.2, 0.25) is 0 Å². The Balaban J connectivity index is 2.01. The van der Waals surface area contributed by atoms with Crippen molar-refractivity contribution >= 4 is 6.03 Å². The molecule has 0 fully saturated rings. The number of carbonyl (C=O) groups is 1. The predicted molar refractivity (Wildman–Crippen MR) is 60.4 cm³/mol. The topological polar surface area (TPSA) is 59.4 Å². The van der Waals surface area contributed by atoms with E-state index in [9.17, 15) is 4.79 Å². The summed E-state index contributed by atoms with van der Waals surface area (Å²) in [6.45, 7) is 2.59. The van der Waals surface area contributed by atoms with Gasteiger partial charge in [-0.2, -0.15) is 0 Å². The van der Waals surface area contributed by atoms with Gasteiger partial charge in [0.25, 0.3) is 0 Å². The van der Waals surface area contributed by atoms with Crippen LogP contribution in [0, 0.1) is 0 Å². The lowest BCUT2D eigenvalue weighted by atomic mass is 10.6. The Bertz CT molecular complexity index is 298. The molecule has 0 aliphatic heterocycles. The Labute approximate surface area is 95.2 Å². The number of aromatic nitrogens is 2. The lowest BCUT2D eigenvalue weighted by Crippen LogP contribution is -2.31. The predicted octanol–water partition coefficient (Wildman–Crippen LogP) is 0.0190. The zero-order valence-corrected chi connectivity index (χ0v) is 9.72. The minimum absolute atomic E-state index is 0.186. The molecule has 0 bridgehead atoms. The second kappa shape index (κ2) is 6.97. The van der Waals surface area contributed by atoms with Crippen LogP contribution in [0.1, 0.15) is 0 Å². The molecule has 0 spiro atoms. The van der Waals surface area contributed by atoms with Crippen molar-refractivity contribution in [1.82, 2.24) is 19.8 Å². The number of amides is 1. The molecule has 1 aromatic rings. The minimum atomic E-state index is -0.186. The highest BCUT2D eigenvalue weighted by atomic mass is 16.5. The van der Waals surface area contributed by atoms with Crippen molar-refractivity contribution in [1.29, 1.82) is 0 Å². The second-order valence-corrected chi connectivity index (χ2v) is 3.62. The van der Waals surface area contributed by atoms with Gasteiger partial charge in [-0.3, -0.25) is 4.57 Å². The maximum Gasteiger partial charge on any atom is 0.326 e. The number of ether oxygens (including phenoxy) is 1. The van der Waals surface area contributed by atoms with E-state index in [0.29, 0.717) is 19.8 Å².